The van der Waals surface area contributed by atoms with Gasteiger partial charge >= 0.3 is 0 Å². The van der Waals surface area contributed by atoms with Gasteiger partial charge in [0.2, 0.25) is 5.91 Å². The molecule has 4 atom stereocenters. The maximum absolute atomic E-state index is 12.4. The lowest BCUT2D eigenvalue weighted by molar-refractivity contribution is -0.131. The summed E-state index contributed by atoms with van der Waals surface area (Å²) in [5.74, 6) is 2.70. The van der Waals surface area contributed by atoms with Crippen LogP contribution < -0.4 is 10.0 Å². The van der Waals surface area contributed by atoms with E-state index < -0.39 is 21.2 Å². The molecule has 2 rings (SSSR count). The average Bonchev–Trinajstić information content (AvgIpc) is 2.90. The summed E-state index contributed by atoms with van der Waals surface area (Å²) < 4.78 is 14.1. The summed E-state index contributed by atoms with van der Waals surface area (Å²) in [6, 6.07) is -0.202. The van der Waals surface area contributed by atoms with Gasteiger partial charge in [-0.1, -0.05) is 6.08 Å². The van der Waals surface area contributed by atoms with Crippen LogP contribution in [0.4, 0.5) is 0 Å². The summed E-state index contributed by atoms with van der Waals surface area (Å²) in [6.45, 7) is 4.57. The van der Waals surface area contributed by atoms with Gasteiger partial charge in [-0.3, -0.25) is 19.2 Å². The molecule has 2 amide bonds. The van der Waals surface area contributed by atoms with Gasteiger partial charge in [0.15, 0.2) is 0 Å². The molecule has 1 aliphatic heterocycles. The van der Waals surface area contributed by atoms with Crippen LogP contribution in [0.25, 0.3) is 0 Å². The van der Waals surface area contributed by atoms with Crippen LogP contribution in [0.1, 0.15) is 19.3 Å². The highest BCUT2D eigenvalue weighted by molar-refractivity contribution is 7.98. The molecule has 2 fully saturated rings. The lowest BCUT2D eigenvalue weighted by atomic mass is 10.1. The Labute approximate surface area is 126 Å². The van der Waals surface area contributed by atoms with E-state index in [0.29, 0.717) is 6.42 Å². The van der Waals surface area contributed by atoms with Crippen molar-refractivity contribution in [3.63, 3.8) is 0 Å². The predicted octanol–water partition coefficient (Wildman–Crippen LogP) is -0.481. The number of hydrogen-bond acceptors (Lipinski definition) is 4. The Morgan fingerprint density at radius 1 is 1.48 bits per heavy atom. The summed E-state index contributed by atoms with van der Waals surface area (Å²) in [5, 5.41) is 2.85. The molecule has 1 heterocycles. The zero-order chi connectivity index (χ0) is 15.8. The third-order valence-corrected chi connectivity index (χ3v) is 4.80. The Bertz CT molecular complexity index is 572. The molecule has 0 aromatic carbocycles. The number of nitrogens with zero attached hydrogens (tertiary/aromatic N) is 1. The van der Waals surface area contributed by atoms with Gasteiger partial charge in [-0.2, -0.15) is 0 Å². The number of carbonyl (C=O) groups is 2. The fourth-order valence-electron chi connectivity index (χ4n) is 2.87. The molecule has 7 heteroatoms. The van der Waals surface area contributed by atoms with Gasteiger partial charge in [0, 0.05) is 21.9 Å². The first-order valence-electron chi connectivity index (χ1n) is 6.99. The van der Waals surface area contributed by atoms with Gasteiger partial charge in [-0.05, 0) is 38.7 Å². The maximum Gasteiger partial charge on any atom is 0.257 e. The van der Waals surface area contributed by atoms with Gasteiger partial charge in [-0.25, -0.2) is 4.21 Å². The van der Waals surface area contributed by atoms with Crippen molar-refractivity contribution < 1.29 is 13.8 Å². The second kappa shape index (κ2) is 5.46. The minimum absolute atomic E-state index is 0.130. The van der Waals surface area contributed by atoms with E-state index in [9.17, 15) is 13.8 Å². The average molecular weight is 313 g/mol. The lowest BCUT2D eigenvalue weighted by Gasteiger charge is -2.24. The maximum atomic E-state index is 12.4. The van der Waals surface area contributed by atoms with Crippen molar-refractivity contribution in [3.8, 4) is 0 Å². The van der Waals surface area contributed by atoms with Crippen LogP contribution >= 0.6 is 0 Å². The molecule has 2 aliphatic rings. The molecular weight excluding hydrogens is 290 g/mol. The van der Waals surface area contributed by atoms with E-state index in [0.717, 1.165) is 19.4 Å². The van der Waals surface area contributed by atoms with Crippen molar-refractivity contribution in [1.82, 2.24) is 14.9 Å². The quantitative estimate of drug-likeness (QED) is 0.531. The summed E-state index contributed by atoms with van der Waals surface area (Å²) in [7, 11) is -0.760. The summed E-state index contributed by atoms with van der Waals surface area (Å²) in [6.07, 6.45) is 5.26. The van der Waals surface area contributed by atoms with Crippen LogP contribution in [-0.2, 0) is 19.3 Å². The normalized spacial score (nSPS) is 34.8. The number of hydrogen-bond donors (Lipinski definition) is 2. The molecule has 1 aliphatic carbocycles. The molecule has 2 N–H and O–H groups in total. The molecule has 1 saturated carbocycles. The second-order valence-corrected chi connectivity index (χ2v) is 8.30. The van der Waals surface area contributed by atoms with Crippen molar-refractivity contribution in [2.24, 2.45) is 5.92 Å². The fraction of sp³-hybridized carbons (Fsp3) is 0.643. The first kappa shape index (κ1) is 16.0. The number of rotatable bonds is 5. The first-order valence-corrected chi connectivity index (χ1v) is 9.12. The largest absolute Gasteiger partial charge is 0.340 e. The first-order chi connectivity index (χ1) is 9.69. The van der Waals surface area contributed by atoms with E-state index in [1.807, 2.05) is 11.9 Å². The van der Waals surface area contributed by atoms with Crippen molar-refractivity contribution >= 4 is 27.4 Å². The van der Waals surface area contributed by atoms with E-state index >= 15 is 0 Å². The van der Waals surface area contributed by atoms with Crippen LogP contribution in [0.15, 0.2) is 12.7 Å². The Kier molecular flexibility index (Phi) is 4.17. The van der Waals surface area contributed by atoms with Gasteiger partial charge in [0.05, 0.1) is 6.04 Å². The Hall–Kier alpha value is -1.34. The number of nitrogens with one attached hydrogen (secondary N) is 2. The fourth-order valence-corrected chi connectivity index (χ4v) is 3.44. The number of carbonyl (C=O) groups excluding carboxylic acids is 2. The van der Waals surface area contributed by atoms with Crippen molar-refractivity contribution in [2.75, 3.05) is 19.8 Å². The minimum atomic E-state index is -2.66. The van der Waals surface area contributed by atoms with Gasteiger partial charge in [0.25, 0.3) is 5.91 Å². The van der Waals surface area contributed by atoms with Crippen LogP contribution in [0, 0.1) is 5.92 Å². The molecule has 0 bridgehead atoms. The third-order valence-electron chi connectivity index (χ3n) is 4.18. The SMILES string of the molecule is C=CC1C[C@]1(NC(=O)C1CCCN1C)C(=O)NS(=C)(C)=O. The molecule has 0 aromatic heterocycles. The van der Waals surface area contributed by atoms with Gasteiger partial charge < -0.3 is 5.32 Å². The van der Waals surface area contributed by atoms with Crippen LogP contribution in [0.2, 0.25) is 0 Å². The molecule has 0 aromatic rings. The highest BCUT2D eigenvalue weighted by Crippen LogP contribution is 2.45. The van der Waals surface area contributed by atoms with Crippen molar-refractivity contribution in [3.05, 3.63) is 12.7 Å². The Morgan fingerprint density at radius 2 is 2.14 bits per heavy atom. The van der Waals surface area contributed by atoms with Gasteiger partial charge in [-0.15, -0.1) is 6.58 Å². The lowest BCUT2D eigenvalue weighted by Crippen LogP contribution is -2.55. The van der Waals surface area contributed by atoms with E-state index in [1.54, 1.807) is 6.08 Å². The molecule has 3 unspecified atom stereocenters. The Morgan fingerprint density at radius 3 is 2.57 bits per heavy atom. The number of likely N-dealkylation sites (N-methyl/N-ethyl adjacent to an activating group) is 1. The summed E-state index contributed by atoms with van der Waals surface area (Å²) in [4.78, 5) is 26.7. The molecule has 21 heavy (non-hydrogen) atoms. The number of likely N-dealkylation sites (tertiary alicyclic amines) is 1. The molecule has 0 radical (unpaired) electrons. The van der Waals surface area contributed by atoms with Crippen molar-refractivity contribution in [2.45, 2.75) is 30.8 Å². The zero-order valence-electron chi connectivity index (χ0n) is 12.6. The smallest absolute Gasteiger partial charge is 0.257 e. The van der Waals surface area contributed by atoms with E-state index in [4.69, 9.17) is 0 Å². The minimum Gasteiger partial charge on any atom is -0.340 e. The topological polar surface area (TPSA) is 78.5 Å². The summed E-state index contributed by atoms with van der Waals surface area (Å²) >= 11 is 0. The predicted molar refractivity (Wildman–Crippen MR) is 84.2 cm³/mol. The highest BCUT2D eigenvalue weighted by Gasteiger charge is 2.60. The Balaban J connectivity index is 2.11. The van der Waals surface area contributed by atoms with Gasteiger partial charge in [0.1, 0.15) is 5.54 Å². The highest BCUT2D eigenvalue weighted by atomic mass is 32.2. The van der Waals surface area contributed by atoms with E-state index in [1.165, 1.54) is 6.26 Å². The third kappa shape index (κ3) is 3.29. The second-order valence-electron chi connectivity index (χ2n) is 6.08. The molecule has 118 valence electrons. The van der Waals surface area contributed by atoms with Crippen LogP contribution in [0.5, 0.6) is 0 Å². The standard InChI is InChI=1S/C14H23N3O3S/c1-5-10-9-14(10,13(19)16-21(3,4)20)15-12(18)11-7-6-8-17(11)2/h5,10-11H,1,3,6-9H2,2,4H3,(H,15,18)(H,16,19,20)/t10?,11?,14-,21?/m1/s1. The number of amides is 2. The van der Waals surface area contributed by atoms with E-state index in [-0.39, 0.29) is 17.9 Å². The van der Waals surface area contributed by atoms with Crippen molar-refractivity contribution in [1.29, 1.82) is 0 Å². The van der Waals surface area contributed by atoms with Crippen LogP contribution in [-0.4, -0.2) is 58.2 Å². The van der Waals surface area contributed by atoms with E-state index in [2.05, 4.69) is 22.5 Å². The monoisotopic (exact) mass is 313 g/mol. The molecular formula is C14H23N3O3S. The molecule has 0 spiro atoms. The molecule has 6 nitrogen and oxygen atoms in total. The molecule has 1 saturated heterocycles. The summed E-state index contributed by atoms with van der Waals surface area (Å²) in [5.41, 5.74) is -1.02. The zero-order valence-corrected chi connectivity index (χ0v) is 13.4. The van der Waals surface area contributed by atoms with Crippen LogP contribution in [0.3, 0.4) is 0 Å².